The summed E-state index contributed by atoms with van der Waals surface area (Å²) in [5, 5.41) is 11.8. The Morgan fingerprint density at radius 2 is 1.88 bits per heavy atom. The van der Waals surface area contributed by atoms with E-state index < -0.39 is 18.0 Å². The minimum Gasteiger partial charge on any atom is -0.481 e. The third kappa shape index (κ3) is 5.34. The number of carbonyl (C=O) groups excluding carboxylic acids is 1. The number of anilines is 1. The third-order valence-corrected chi connectivity index (χ3v) is 4.51. The molecule has 5 nitrogen and oxygen atoms in total. The fraction of sp³-hybridized carbons (Fsp3) is 0.579. The van der Waals surface area contributed by atoms with E-state index >= 15 is 0 Å². The third-order valence-electron chi connectivity index (χ3n) is 4.51. The van der Waals surface area contributed by atoms with Gasteiger partial charge in [-0.05, 0) is 43.4 Å². The molecule has 0 aliphatic heterocycles. The van der Waals surface area contributed by atoms with E-state index in [-0.39, 0.29) is 12.0 Å². The Morgan fingerprint density at radius 1 is 1.25 bits per heavy atom. The van der Waals surface area contributed by atoms with Crippen molar-refractivity contribution in [1.82, 2.24) is 0 Å². The first kappa shape index (κ1) is 18.5. The van der Waals surface area contributed by atoms with E-state index in [2.05, 4.69) is 5.32 Å². The summed E-state index contributed by atoms with van der Waals surface area (Å²) in [6, 6.07) is 7.33. The average Bonchev–Trinajstić information content (AvgIpc) is 3.07. The number of rotatable bonds is 8. The maximum Gasteiger partial charge on any atom is 0.306 e. The van der Waals surface area contributed by atoms with Crippen molar-refractivity contribution in [3.05, 3.63) is 29.8 Å². The summed E-state index contributed by atoms with van der Waals surface area (Å²) in [7, 11) is 0. The van der Waals surface area contributed by atoms with E-state index in [1.165, 1.54) is 12.8 Å². The van der Waals surface area contributed by atoms with Crippen LogP contribution in [0.3, 0.4) is 0 Å². The highest BCUT2D eigenvalue weighted by atomic mass is 16.5. The summed E-state index contributed by atoms with van der Waals surface area (Å²) in [5.74, 6) is -1.34. The van der Waals surface area contributed by atoms with Gasteiger partial charge < -0.3 is 15.2 Å². The van der Waals surface area contributed by atoms with Crippen molar-refractivity contribution >= 4 is 17.6 Å². The molecule has 0 aromatic heterocycles. The maximum absolute atomic E-state index is 12.4. The summed E-state index contributed by atoms with van der Waals surface area (Å²) in [6.07, 6.45) is 5.36. The molecule has 1 aliphatic rings. The summed E-state index contributed by atoms with van der Waals surface area (Å²) < 4.78 is 5.92. The van der Waals surface area contributed by atoms with Crippen LogP contribution in [-0.4, -0.2) is 29.2 Å². The molecule has 5 heteroatoms. The summed E-state index contributed by atoms with van der Waals surface area (Å²) >= 11 is 0. The molecule has 24 heavy (non-hydrogen) atoms. The normalized spacial score (nSPS) is 17.4. The van der Waals surface area contributed by atoms with Gasteiger partial charge in [0.1, 0.15) is 6.10 Å². The van der Waals surface area contributed by atoms with E-state index in [1.807, 2.05) is 31.2 Å². The molecular weight excluding hydrogens is 306 g/mol. The van der Waals surface area contributed by atoms with Crippen LogP contribution in [0.2, 0.25) is 0 Å². The van der Waals surface area contributed by atoms with Crippen LogP contribution in [0.5, 0.6) is 0 Å². The highest BCUT2D eigenvalue weighted by molar-refractivity contribution is 5.94. The monoisotopic (exact) mass is 333 g/mol. The van der Waals surface area contributed by atoms with Gasteiger partial charge in [0.25, 0.3) is 5.91 Å². The first-order valence-electron chi connectivity index (χ1n) is 8.77. The summed E-state index contributed by atoms with van der Waals surface area (Å²) in [5.41, 5.74) is 1.65. The van der Waals surface area contributed by atoms with Gasteiger partial charge in [-0.25, -0.2) is 0 Å². The Hall–Kier alpha value is -1.88. The zero-order valence-electron chi connectivity index (χ0n) is 14.5. The number of ether oxygens (including phenoxy) is 1. The van der Waals surface area contributed by atoms with Crippen molar-refractivity contribution in [3.63, 3.8) is 0 Å². The molecular formula is C19H27NO4. The van der Waals surface area contributed by atoms with Gasteiger partial charge in [-0.1, -0.05) is 38.8 Å². The van der Waals surface area contributed by atoms with Gasteiger partial charge >= 0.3 is 5.97 Å². The minimum absolute atomic E-state index is 0.115. The fourth-order valence-corrected chi connectivity index (χ4v) is 2.99. The lowest BCUT2D eigenvalue weighted by molar-refractivity contribution is -0.141. The van der Waals surface area contributed by atoms with Crippen molar-refractivity contribution < 1.29 is 19.4 Å². The van der Waals surface area contributed by atoms with Crippen molar-refractivity contribution in [2.24, 2.45) is 5.92 Å². The molecule has 2 atom stereocenters. The standard InChI is InChI=1S/C19H27NO4/c1-3-17(24-16-6-4-5-7-16)18(21)20-15-10-8-14(9-11-15)12-13(2)19(22)23/h8-11,13,16-17H,3-7,12H2,1-2H3,(H,20,21)(H,22,23). The molecule has 2 rings (SSSR count). The molecule has 1 fully saturated rings. The van der Waals surface area contributed by atoms with E-state index in [0.29, 0.717) is 18.5 Å². The second-order valence-electron chi connectivity index (χ2n) is 6.57. The lowest BCUT2D eigenvalue weighted by Crippen LogP contribution is -2.32. The van der Waals surface area contributed by atoms with Gasteiger partial charge in [0.15, 0.2) is 0 Å². The predicted octanol–water partition coefficient (Wildman–Crippen LogP) is 3.63. The lowest BCUT2D eigenvalue weighted by Gasteiger charge is -2.20. The molecule has 0 spiro atoms. The smallest absolute Gasteiger partial charge is 0.306 e. The number of hydrogen-bond acceptors (Lipinski definition) is 3. The maximum atomic E-state index is 12.4. The van der Waals surface area contributed by atoms with E-state index in [1.54, 1.807) is 6.92 Å². The zero-order valence-corrected chi connectivity index (χ0v) is 14.5. The number of hydrogen-bond donors (Lipinski definition) is 2. The van der Waals surface area contributed by atoms with Gasteiger partial charge in [0.05, 0.1) is 12.0 Å². The van der Waals surface area contributed by atoms with Crippen molar-refractivity contribution in [2.75, 3.05) is 5.32 Å². The second-order valence-corrected chi connectivity index (χ2v) is 6.57. The molecule has 1 aromatic rings. The Bertz CT molecular complexity index is 549. The molecule has 1 aromatic carbocycles. The number of carbonyl (C=O) groups is 2. The van der Waals surface area contributed by atoms with E-state index in [9.17, 15) is 9.59 Å². The molecule has 1 amide bonds. The molecule has 1 saturated carbocycles. The zero-order chi connectivity index (χ0) is 17.5. The van der Waals surface area contributed by atoms with Crippen LogP contribution in [0.4, 0.5) is 5.69 Å². The van der Waals surface area contributed by atoms with Crippen molar-refractivity contribution in [1.29, 1.82) is 0 Å². The van der Waals surface area contributed by atoms with Gasteiger partial charge in [0.2, 0.25) is 0 Å². The van der Waals surface area contributed by atoms with Crippen LogP contribution >= 0.6 is 0 Å². The molecule has 132 valence electrons. The molecule has 0 bridgehead atoms. The first-order chi connectivity index (χ1) is 11.5. The molecule has 0 radical (unpaired) electrons. The number of carboxylic acid groups (broad SMARTS) is 1. The second kappa shape index (κ2) is 8.83. The minimum atomic E-state index is -0.803. The van der Waals surface area contributed by atoms with Crippen LogP contribution < -0.4 is 5.32 Å². The number of amides is 1. The molecule has 0 heterocycles. The summed E-state index contributed by atoms with van der Waals surface area (Å²) in [4.78, 5) is 23.3. The van der Waals surface area contributed by atoms with Crippen LogP contribution in [0.15, 0.2) is 24.3 Å². The van der Waals surface area contributed by atoms with Gasteiger partial charge in [-0.3, -0.25) is 9.59 Å². The highest BCUT2D eigenvalue weighted by Crippen LogP contribution is 2.23. The molecule has 2 unspecified atom stereocenters. The van der Waals surface area contributed by atoms with Crippen LogP contribution in [0, 0.1) is 5.92 Å². The quantitative estimate of drug-likeness (QED) is 0.762. The lowest BCUT2D eigenvalue weighted by atomic mass is 10.0. The first-order valence-corrected chi connectivity index (χ1v) is 8.77. The number of benzene rings is 1. The van der Waals surface area contributed by atoms with Crippen molar-refractivity contribution in [3.8, 4) is 0 Å². The molecule has 2 N–H and O–H groups in total. The Morgan fingerprint density at radius 3 is 2.42 bits per heavy atom. The van der Waals surface area contributed by atoms with E-state index in [4.69, 9.17) is 9.84 Å². The van der Waals surface area contributed by atoms with Gasteiger partial charge in [0, 0.05) is 5.69 Å². The van der Waals surface area contributed by atoms with Crippen LogP contribution in [0.1, 0.15) is 51.5 Å². The van der Waals surface area contributed by atoms with Crippen LogP contribution in [-0.2, 0) is 20.7 Å². The van der Waals surface area contributed by atoms with Crippen molar-refractivity contribution in [2.45, 2.75) is 64.6 Å². The number of carboxylic acids is 1. The Labute approximate surface area is 143 Å². The molecule has 0 saturated heterocycles. The van der Waals surface area contributed by atoms with Crippen LogP contribution in [0.25, 0.3) is 0 Å². The van der Waals surface area contributed by atoms with E-state index in [0.717, 1.165) is 18.4 Å². The number of nitrogens with one attached hydrogen (secondary N) is 1. The SMILES string of the molecule is CCC(OC1CCCC1)C(=O)Nc1ccc(CC(C)C(=O)O)cc1. The summed E-state index contributed by atoms with van der Waals surface area (Å²) in [6.45, 7) is 3.64. The highest BCUT2D eigenvalue weighted by Gasteiger charge is 2.24. The Balaban J connectivity index is 1.89. The predicted molar refractivity (Wildman–Crippen MR) is 93.0 cm³/mol. The largest absolute Gasteiger partial charge is 0.481 e. The van der Waals surface area contributed by atoms with Gasteiger partial charge in [-0.15, -0.1) is 0 Å². The Kier molecular flexibility index (Phi) is 6.79. The fourth-order valence-electron chi connectivity index (χ4n) is 2.99. The van der Waals surface area contributed by atoms with Gasteiger partial charge in [-0.2, -0.15) is 0 Å². The average molecular weight is 333 g/mol. The topological polar surface area (TPSA) is 75.6 Å². The number of aliphatic carboxylic acids is 1. The molecule has 1 aliphatic carbocycles.